The SMILES string of the molecule is CCCCN(CCO)c1ncc(N)cc1C(N)=O. The molecule has 0 saturated heterocycles. The number of hydrogen-bond donors (Lipinski definition) is 3. The molecule has 5 N–H and O–H groups in total. The predicted octanol–water partition coefficient (Wildman–Crippen LogP) is 0.362. The summed E-state index contributed by atoms with van der Waals surface area (Å²) < 4.78 is 0. The second-order valence-corrected chi connectivity index (χ2v) is 4.07. The van der Waals surface area contributed by atoms with Gasteiger partial charge in [-0.05, 0) is 12.5 Å². The highest BCUT2D eigenvalue weighted by Gasteiger charge is 2.16. The van der Waals surface area contributed by atoms with E-state index in [1.54, 1.807) is 0 Å². The standard InChI is InChI=1S/C12H20N4O2/c1-2-3-4-16(5-6-17)12-10(11(14)18)7-9(13)8-15-12/h7-8,17H,2-6,13H2,1H3,(H2,14,18). The van der Waals surface area contributed by atoms with Gasteiger partial charge in [0.25, 0.3) is 5.91 Å². The van der Waals surface area contributed by atoms with Crippen LogP contribution in [0, 0.1) is 0 Å². The first-order chi connectivity index (χ1) is 8.60. The number of carbonyl (C=O) groups excluding carboxylic acids is 1. The quantitative estimate of drug-likeness (QED) is 0.649. The number of rotatable bonds is 7. The lowest BCUT2D eigenvalue weighted by Gasteiger charge is -2.24. The van der Waals surface area contributed by atoms with Crippen LogP contribution in [0.5, 0.6) is 0 Å². The van der Waals surface area contributed by atoms with E-state index in [1.807, 2.05) is 4.90 Å². The number of anilines is 2. The number of hydrogen-bond acceptors (Lipinski definition) is 5. The van der Waals surface area contributed by atoms with E-state index in [1.165, 1.54) is 12.3 Å². The van der Waals surface area contributed by atoms with Crippen LogP contribution in [0.1, 0.15) is 30.1 Å². The predicted molar refractivity (Wildman–Crippen MR) is 71.4 cm³/mol. The minimum Gasteiger partial charge on any atom is -0.397 e. The number of aromatic nitrogens is 1. The van der Waals surface area contributed by atoms with Gasteiger partial charge in [0.15, 0.2) is 0 Å². The monoisotopic (exact) mass is 252 g/mol. The molecule has 0 aliphatic heterocycles. The first-order valence-corrected chi connectivity index (χ1v) is 6.01. The Morgan fingerprint density at radius 1 is 1.50 bits per heavy atom. The van der Waals surface area contributed by atoms with Crippen LogP contribution in [0.25, 0.3) is 0 Å². The number of pyridine rings is 1. The molecule has 0 radical (unpaired) electrons. The number of nitrogens with two attached hydrogens (primary N) is 2. The molecule has 6 nitrogen and oxygen atoms in total. The maximum atomic E-state index is 11.4. The minimum absolute atomic E-state index is 0.00598. The van der Waals surface area contributed by atoms with E-state index in [2.05, 4.69) is 11.9 Å². The van der Waals surface area contributed by atoms with Gasteiger partial charge in [-0.3, -0.25) is 4.79 Å². The molecule has 0 spiro atoms. The van der Waals surface area contributed by atoms with Crippen LogP contribution in [0.4, 0.5) is 11.5 Å². The van der Waals surface area contributed by atoms with E-state index < -0.39 is 5.91 Å². The number of primary amides is 1. The zero-order valence-electron chi connectivity index (χ0n) is 10.6. The maximum absolute atomic E-state index is 11.4. The van der Waals surface area contributed by atoms with Crippen molar-refractivity contribution >= 4 is 17.4 Å². The number of amides is 1. The highest BCUT2D eigenvalue weighted by atomic mass is 16.3. The Bertz CT molecular complexity index is 409. The number of aliphatic hydroxyl groups is 1. The van der Waals surface area contributed by atoms with Crippen molar-refractivity contribution in [2.75, 3.05) is 30.3 Å². The Labute approximate surface area is 107 Å². The zero-order chi connectivity index (χ0) is 13.5. The molecule has 1 aromatic heterocycles. The first kappa shape index (κ1) is 14.2. The van der Waals surface area contributed by atoms with Gasteiger partial charge in [0.05, 0.1) is 24.1 Å². The van der Waals surface area contributed by atoms with Gasteiger partial charge in [0.2, 0.25) is 0 Å². The van der Waals surface area contributed by atoms with E-state index in [4.69, 9.17) is 16.6 Å². The molecule has 1 heterocycles. The Hall–Kier alpha value is -1.82. The molecule has 0 aliphatic carbocycles. The minimum atomic E-state index is -0.566. The molecule has 6 heteroatoms. The Balaban J connectivity index is 3.05. The summed E-state index contributed by atoms with van der Waals surface area (Å²) in [6, 6.07) is 1.51. The number of aliphatic hydroxyl groups excluding tert-OH is 1. The Kier molecular flexibility index (Phi) is 5.38. The van der Waals surface area contributed by atoms with Crippen molar-refractivity contribution in [2.45, 2.75) is 19.8 Å². The number of carbonyl (C=O) groups is 1. The van der Waals surface area contributed by atoms with E-state index in [0.29, 0.717) is 30.2 Å². The van der Waals surface area contributed by atoms with Gasteiger partial charge in [0, 0.05) is 13.1 Å². The first-order valence-electron chi connectivity index (χ1n) is 6.01. The van der Waals surface area contributed by atoms with Gasteiger partial charge < -0.3 is 21.5 Å². The molecule has 1 rings (SSSR count). The van der Waals surface area contributed by atoms with E-state index in [-0.39, 0.29) is 6.61 Å². The third-order valence-electron chi connectivity index (χ3n) is 2.60. The lowest BCUT2D eigenvalue weighted by molar-refractivity contribution is 0.100. The fourth-order valence-electron chi connectivity index (χ4n) is 1.70. The van der Waals surface area contributed by atoms with E-state index in [9.17, 15) is 4.79 Å². The summed E-state index contributed by atoms with van der Waals surface area (Å²) in [6.45, 7) is 3.20. The summed E-state index contributed by atoms with van der Waals surface area (Å²) in [4.78, 5) is 17.4. The van der Waals surface area contributed by atoms with Crippen molar-refractivity contribution in [3.05, 3.63) is 17.8 Å². The normalized spacial score (nSPS) is 10.3. The van der Waals surface area contributed by atoms with Gasteiger partial charge in [-0.1, -0.05) is 13.3 Å². The average Bonchev–Trinajstić information content (AvgIpc) is 2.34. The lowest BCUT2D eigenvalue weighted by Crippen LogP contribution is -2.31. The molecule has 18 heavy (non-hydrogen) atoms. The fraction of sp³-hybridized carbons (Fsp3) is 0.500. The number of unbranched alkanes of at least 4 members (excludes halogenated alkanes) is 1. The molecule has 100 valence electrons. The molecule has 0 unspecified atom stereocenters. The van der Waals surface area contributed by atoms with Crippen molar-refractivity contribution in [1.82, 2.24) is 4.98 Å². The molecule has 1 aromatic rings. The third kappa shape index (κ3) is 3.59. The number of nitrogens with zero attached hydrogens (tertiary/aromatic N) is 2. The van der Waals surface area contributed by atoms with Crippen LogP contribution in [0.15, 0.2) is 12.3 Å². The van der Waals surface area contributed by atoms with Gasteiger partial charge in [-0.15, -0.1) is 0 Å². The second kappa shape index (κ2) is 6.80. The van der Waals surface area contributed by atoms with E-state index in [0.717, 1.165) is 12.8 Å². The molecule has 0 saturated carbocycles. The highest BCUT2D eigenvalue weighted by Crippen LogP contribution is 2.19. The van der Waals surface area contributed by atoms with Crippen molar-refractivity contribution in [3.8, 4) is 0 Å². The summed E-state index contributed by atoms with van der Waals surface area (Å²) in [6.07, 6.45) is 3.45. The van der Waals surface area contributed by atoms with Gasteiger partial charge in [0.1, 0.15) is 5.82 Å². The van der Waals surface area contributed by atoms with Crippen molar-refractivity contribution in [2.24, 2.45) is 5.73 Å². The Morgan fingerprint density at radius 3 is 2.78 bits per heavy atom. The molecule has 0 aromatic carbocycles. The lowest BCUT2D eigenvalue weighted by atomic mass is 10.2. The summed E-state index contributed by atoms with van der Waals surface area (Å²) in [5.41, 5.74) is 11.6. The van der Waals surface area contributed by atoms with Crippen molar-refractivity contribution < 1.29 is 9.90 Å². The van der Waals surface area contributed by atoms with Gasteiger partial charge in [-0.2, -0.15) is 0 Å². The average molecular weight is 252 g/mol. The van der Waals surface area contributed by atoms with Crippen LogP contribution in [0.3, 0.4) is 0 Å². The fourth-order valence-corrected chi connectivity index (χ4v) is 1.70. The Morgan fingerprint density at radius 2 is 2.22 bits per heavy atom. The molecule has 1 amide bonds. The van der Waals surface area contributed by atoms with Gasteiger partial charge >= 0.3 is 0 Å². The number of nitrogen functional groups attached to an aromatic ring is 1. The molecule has 0 bridgehead atoms. The largest absolute Gasteiger partial charge is 0.397 e. The van der Waals surface area contributed by atoms with Crippen LogP contribution >= 0.6 is 0 Å². The van der Waals surface area contributed by atoms with Crippen molar-refractivity contribution in [3.63, 3.8) is 0 Å². The molecule has 0 aliphatic rings. The third-order valence-corrected chi connectivity index (χ3v) is 2.60. The molecular weight excluding hydrogens is 232 g/mol. The van der Waals surface area contributed by atoms with Gasteiger partial charge in [-0.25, -0.2) is 4.98 Å². The van der Waals surface area contributed by atoms with Crippen LogP contribution in [-0.2, 0) is 0 Å². The van der Waals surface area contributed by atoms with Crippen LogP contribution in [-0.4, -0.2) is 35.7 Å². The summed E-state index contributed by atoms with van der Waals surface area (Å²) >= 11 is 0. The second-order valence-electron chi connectivity index (χ2n) is 4.07. The molecule has 0 atom stereocenters. The smallest absolute Gasteiger partial charge is 0.252 e. The highest BCUT2D eigenvalue weighted by molar-refractivity contribution is 5.98. The molecule has 0 fully saturated rings. The van der Waals surface area contributed by atoms with Crippen LogP contribution < -0.4 is 16.4 Å². The summed E-state index contributed by atoms with van der Waals surface area (Å²) in [5.74, 6) is -0.0801. The topological polar surface area (TPSA) is 105 Å². The maximum Gasteiger partial charge on any atom is 0.252 e. The summed E-state index contributed by atoms with van der Waals surface area (Å²) in [5, 5.41) is 9.07. The molecular formula is C12H20N4O2. The van der Waals surface area contributed by atoms with E-state index >= 15 is 0 Å². The van der Waals surface area contributed by atoms with Crippen LogP contribution in [0.2, 0.25) is 0 Å². The van der Waals surface area contributed by atoms with Crippen molar-refractivity contribution in [1.29, 1.82) is 0 Å². The summed E-state index contributed by atoms with van der Waals surface area (Å²) in [7, 11) is 0. The zero-order valence-corrected chi connectivity index (χ0v) is 10.6.